The van der Waals surface area contributed by atoms with E-state index in [1.165, 1.54) is 24.0 Å². The van der Waals surface area contributed by atoms with Crippen LogP contribution in [0.3, 0.4) is 0 Å². The number of rotatable bonds is 6. The molecule has 2 atom stereocenters. The summed E-state index contributed by atoms with van der Waals surface area (Å²) >= 11 is 0. The van der Waals surface area contributed by atoms with Crippen molar-refractivity contribution in [1.29, 1.82) is 0 Å². The Morgan fingerprint density at radius 2 is 1.33 bits per heavy atom. The molecule has 0 amide bonds. The van der Waals surface area contributed by atoms with E-state index in [2.05, 4.69) is 53.4 Å². The van der Waals surface area contributed by atoms with E-state index in [-0.39, 0.29) is 48.4 Å². The van der Waals surface area contributed by atoms with E-state index < -0.39 is 60.4 Å². The van der Waals surface area contributed by atoms with Crippen LogP contribution in [0.4, 0.5) is 0 Å². The number of hydrogen-bond acceptors (Lipinski definition) is 2. The molecule has 4 heterocycles. The third-order valence-electron chi connectivity index (χ3n) is 11.9. The predicted octanol–water partition coefficient (Wildman–Crippen LogP) is 12.7. The molecule has 1 fully saturated rings. The van der Waals surface area contributed by atoms with Crippen molar-refractivity contribution in [1.82, 2.24) is 14.1 Å². The molecule has 292 valence electrons. The third-order valence-corrected chi connectivity index (χ3v) is 11.9. The van der Waals surface area contributed by atoms with Crippen LogP contribution in [-0.4, -0.2) is 14.1 Å². The SMILES string of the molecule is [2H]c1c([2H])c([2H])c(-c2cccc(-c3c([2H])c([2H])c([2H])c([2H])c3[2H])c2-[n+]2[c-]n(-c3[c-]c(Oc4[c-]c5c(cc4)c4cccc6c4n5-c4ncccc4C4CCCCC64)ccc3)c3ccccc32)c([2H])c1[2H].[Pd]. The zero-order valence-electron chi connectivity index (χ0n) is 41.9. The quantitative estimate of drug-likeness (QED) is 0.0948. The van der Waals surface area contributed by atoms with Gasteiger partial charge in [-0.05, 0) is 75.2 Å². The summed E-state index contributed by atoms with van der Waals surface area (Å²) in [7, 11) is 0. The van der Waals surface area contributed by atoms with Crippen molar-refractivity contribution in [3.05, 3.63) is 199 Å². The van der Waals surface area contributed by atoms with E-state index >= 15 is 0 Å². The molecule has 5 nitrogen and oxygen atoms in total. The molecule has 2 aliphatic rings. The van der Waals surface area contributed by atoms with Gasteiger partial charge in [0, 0.05) is 43.6 Å². The fourth-order valence-corrected chi connectivity index (χ4v) is 9.44. The van der Waals surface area contributed by atoms with Crippen molar-refractivity contribution in [2.75, 3.05) is 0 Å². The number of hydrogen-bond donors (Lipinski definition) is 0. The van der Waals surface area contributed by atoms with E-state index in [4.69, 9.17) is 23.4 Å². The van der Waals surface area contributed by atoms with Crippen LogP contribution in [-0.2, 0) is 20.4 Å². The fourth-order valence-electron chi connectivity index (χ4n) is 9.44. The van der Waals surface area contributed by atoms with Crippen LogP contribution in [0.25, 0.3) is 72.3 Å². The summed E-state index contributed by atoms with van der Waals surface area (Å²) in [6, 6.07) is 34.3. The molecule has 0 spiro atoms. The minimum absolute atomic E-state index is 0. The molecule has 0 saturated heterocycles. The Kier molecular flexibility index (Phi) is 6.77. The number of benzene rings is 7. The number of para-hydroxylation sites is 4. The minimum Gasteiger partial charge on any atom is -0.510 e. The summed E-state index contributed by atoms with van der Waals surface area (Å²) < 4.78 is 99.2. The maximum atomic E-state index is 9.01. The molecule has 10 aromatic rings. The summed E-state index contributed by atoms with van der Waals surface area (Å²) in [6.45, 7) is 0. The van der Waals surface area contributed by atoms with E-state index in [9.17, 15) is 0 Å². The number of aromatic nitrogens is 4. The number of fused-ring (bicyclic) bond motifs is 9. The second kappa shape index (κ2) is 14.9. The van der Waals surface area contributed by atoms with Gasteiger partial charge in [0.1, 0.15) is 5.82 Å². The zero-order valence-corrected chi connectivity index (χ0v) is 33.4. The molecule has 0 bridgehead atoms. The fraction of sp³-hybridized carbons (Fsp3) is 0.111. The molecule has 2 unspecified atom stereocenters. The van der Waals surface area contributed by atoms with E-state index in [0.29, 0.717) is 40.1 Å². The van der Waals surface area contributed by atoms with Gasteiger partial charge in [-0.3, -0.25) is 4.57 Å². The van der Waals surface area contributed by atoms with Crippen LogP contribution >= 0.6 is 0 Å². The van der Waals surface area contributed by atoms with E-state index in [1.807, 2.05) is 54.7 Å². The summed E-state index contributed by atoms with van der Waals surface area (Å²) in [6.07, 6.45) is 9.91. The second-order valence-electron chi connectivity index (χ2n) is 15.0. The first-order valence-electron chi connectivity index (χ1n) is 24.8. The Labute approximate surface area is 376 Å². The number of imidazole rings is 1. The van der Waals surface area contributed by atoms with E-state index in [1.54, 1.807) is 33.4 Å². The molecule has 7 aromatic carbocycles. The Morgan fingerprint density at radius 3 is 2.12 bits per heavy atom. The molecular weight excluding hydrogens is 827 g/mol. The monoisotopic (exact) mass is 874 g/mol. The summed E-state index contributed by atoms with van der Waals surface area (Å²) in [5.74, 6) is 2.55. The average molecular weight is 875 g/mol. The molecular formula is C54H38N4OPd-2. The van der Waals surface area contributed by atoms with E-state index in [0.717, 1.165) is 40.5 Å². The van der Waals surface area contributed by atoms with Crippen LogP contribution in [0.15, 0.2) is 170 Å². The van der Waals surface area contributed by atoms with Gasteiger partial charge in [0.2, 0.25) is 0 Å². The van der Waals surface area contributed by atoms with Gasteiger partial charge < -0.3 is 13.9 Å². The van der Waals surface area contributed by atoms with Gasteiger partial charge in [-0.15, -0.1) is 29.7 Å². The standard InChI is InChI=1S/C54H38N4O.Pd/c1-3-15-36(16-4-1)41-23-12-24-42(37-17-5-2-6-18-37)52(41)57-35-56(49-28-9-10-29-50(49)57)38-19-11-20-39(33-38)59-40-30-31-45-47-26-13-25-46-43-21-7-8-22-44(43)48-27-14-32-55-54(48)58(53(46)47)51(45)34-40;/h1-6,9-20,23-32,43-44H,7-8,21-22H2;/q-2;/i1D,2D,3D,4D,5D,6D,15D,16D,17D,18D;. The largest absolute Gasteiger partial charge is 0.510 e. The number of nitrogens with zero attached hydrogens (tertiary/aromatic N) is 4. The van der Waals surface area contributed by atoms with Crippen molar-refractivity contribution < 1.29 is 43.4 Å². The zero-order chi connectivity index (χ0) is 47.6. The van der Waals surface area contributed by atoms with Gasteiger partial charge in [0.25, 0.3) is 6.33 Å². The smallest absolute Gasteiger partial charge is 0.268 e. The van der Waals surface area contributed by atoms with Crippen molar-refractivity contribution in [3.8, 4) is 50.9 Å². The Bertz CT molecular complexity index is 3690. The van der Waals surface area contributed by atoms with Gasteiger partial charge in [0.05, 0.1) is 30.4 Å². The molecule has 1 aliphatic carbocycles. The maximum absolute atomic E-state index is 9.01. The summed E-state index contributed by atoms with van der Waals surface area (Å²) in [5.41, 5.74) is 6.53. The van der Waals surface area contributed by atoms with Crippen LogP contribution in [0, 0.1) is 18.5 Å². The molecule has 0 N–H and O–H groups in total. The van der Waals surface area contributed by atoms with Crippen molar-refractivity contribution in [3.63, 3.8) is 0 Å². The van der Waals surface area contributed by atoms with Gasteiger partial charge in [-0.25, -0.2) is 4.98 Å². The van der Waals surface area contributed by atoms with Crippen LogP contribution < -0.4 is 9.30 Å². The molecule has 1 saturated carbocycles. The molecule has 3 aromatic heterocycles. The molecule has 6 heteroatoms. The normalized spacial score (nSPS) is 17.9. The van der Waals surface area contributed by atoms with Gasteiger partial charge >= 0.3 is 0 Å². The van der Waals surface area contributed by atoms with Crippen LogP contribution in [0.1, 0.15) is 62.4 Å². The molecule has 60 heavy (non-hydrogen) atoms. The first-order chi connectivity index (χ1) is 33.4. The minimum atomic E-state index is -0.566. The second-order valence-corrected chi connectivity index (χ2v) is 15.0. The Balaban J connectivity index is 0.00000533. The van der Waals surface area contributed by atoms with Gasteiger partial charge in [-0.1, -0.05) is 146 Å². The first-order valence-corrected chi connectivity index (χ1v) is 19.8. The third kappa shape index (κ3) is 5.86. The Hall–Kier alpha value is -6.58. The van der Waals surface area contributed by atoms with Crippen molar-refractivity contribution in [2.24, 2.45) is 0 Å². The van der Waals surface area contributed by atoms with Crippen molar-refractivity contribution in [2.45, 2.75) is 37.5 Å². The van der Waals surface area contributed by atoms with Crippen molar-refractivity contribution >= 4 is 32.8 Å². The topological polar surface area (TPSA) is 35.9 Å². The summed E-state index contributed by atoms with van der Waals surface area (Å²) in [4.78, 5) is 5.01. The maximum Gasteiger partial charge on any atom is 0.268 e. The number of ether oxygens (including phenoxy) is 1. The molecule has 12 rings (SSSR count). The number of pyridine rings is 1. The van der Waals surface area contributed by atoms with Crippen LogP contribution in [0.2, 0.25) is 0 Å². The molecule has 1 aliphatic heterocycles. The van der Waals surface area contributed by atoms with Crippen LogP contribution in [0.5, 0.6) is 11.5 Å². The average Bonchev–Trinajstić information content (AvgIpc) is 3.88. The Morgan fingerprint density at radius 1 is 0.650 bits per heavy atom. The summed E-state index contributed by atoms with van der Waals surface area (Å²) in [5, 5.41) is 2.19. The predicted molar refractivity (Wildman–Crippen MR) is 235 cm³/mol. The van der Waals surface area contributed by atoms with Gasteiger partial charge in [0.15, 0.2) is 0 Å². The first kappa shape index (κ1) is 27.2. The van der Waals surface area contributed by atoms with Gasteiger partial charge in [-0.2, -0.15) is 18.2 Å². The molecule has 0 radical (unpaired) electrons.